The fraction of sp³-hybridized carbons (Fsp3) is 0.455. The lowest BCUT2D eigenvalue weighted by molar-refractivity contribution is -0.192. The summed E-state index contributed by atoms with van der Waals surface area (Å²) in [6.07, 6.45) is 0.878. The Morgan fingerprint density at radius 2 is 1.89 bits per heavy atom. The molecule has 11 nitrogen and oxygen atoms in total. The van der Waals surface area contributed by atoms with E-state index in [-0.39, 0.29) is 24.3 Å². The van der Waals surface area contributed by atoms with Crippen LogP contribution >= 0.6 is 0 Å². The highest BCUT2D eigenvalue weighted by atomic mass is 19.4. The molecule has 2 aromatic rings. The normalized spacial score (nSPS) is 22.0. The van der Waals surface area contributed by atoms with Crippen molar-refractivity contribution >= 4 is 23.7 Å². The van der Waals surface area contributed by atoms with Crippen LogP contribution in [0.15, 0.2) is 24.4 Å². The van der Waals surface area contributed by atoms with E-state index in [4.69, 9.17) is 9.90 Å². The lowest BCUT2D eigenvalue weighted by Gasteiger charge is -2.29. The zero-order valence-electron chi connectivity index (χ0n) is 18.9. The number of nitrogens with one attached hydrogen (secondary N) is 2. The Bertz CT molecular complexity index is 1190. The van der Waals surface area contributed by atoms with Crippen LogP contribution in [0.3, 0.4) is 0 Å². The number of fused-ring (bicyclic) bond motifs is 1. The van der Waals surface area contributed by atoms with E-state index in [0.29, 0.717) is 18.5 Å². The first-order chi connectivity index (χ1) is 17.0. The number of imide groups is 1. The van der Waals surface area contributed by atoms with E-state index in [1.54, 1.807) is 15.6 Å². The molecule has 3 amide bonds. The Labute approximate surface area is 202 Å². The van der Waals surface area contributed by atoms with Crippen molar-refractivity contribution in [3.63, 3.8) is 0 Å². The second kappa shape index (κ2) is 10.0. The Hall–Kier alpha value is -3.81. The van der Waals surface area contributed by atoms with Crippen molar-refractivity contribution in [2.24, 2.45) is 0 Å². The van der Waals surface area contributed by atoms with Gasteiger partial charge in [0.25, 0.3) is 5.91 Å². The summed E-state index contributed by atoms with van der Waals surface area (Å²) in [6, 6.07) is 5.17. The molecule has 2 fully saturated rings. The summed E-state index contributed by atoms with van der Waals surface area (Å²) in [5.41, 5.74) is 3.19. The fourth-order valence-corrected chi connectivity index (χ4v) is 4.37. The number of carboxylic acid groups (broad SMARTS) is 1. The second-order valence-electron chi connectivity index (χ2n) is 8.63. The molecule has 0 radical (unpaired) electrons. The van der Waals surface area contributed by atoms with Crippen LogP contribution in [0.25, 0.3) is 5.69 Å². The topological polar surface area (TPSA) is 147 Å². The molecule has 192 valence electrons. The molecule has 2 saturated heterocycles. The van der Waals surface area contributed by atoms with E-state index in [2.05, 4.69) is 20.9 Å². The lowest BCUT2D eigenvalue weighted by atomic mass is 10.0. The van der Waals surface area contributed by atoms with Crippen molar-refractivity contribution < 1.29 is 37.5 Å². The van der Waals surface area contributed by atoms with E-state index >= 15 is 0 Å². The number of carbonyl (C=O) groups is 4. The van der Waals surface area contributed by atoms with E-state index in [1.165, 1.54) is 12.8 Å². The first kappa shape index (κ1) is 25.3. The number of aliphatic carboxylic acids is 1. The van der Waals surface area contributed by atoms with Gasteiger partial charge in [0.1, 0.15) is 11.7 Å². The van der Waals surface area contributed by atoms with Gasteiger partial charge in [-0.15, -0.1) is 5.10 Å². The van der Waals surface area contributed by atoms with Crippen LogP contribution < -0.4 is 10.6 Å². The van der Waals surface area contributed by atoms with Gasteiger partial charge in [0, 0.05) is 18.5 Å². The summed E-state index contributed by atoms with van der Waals surface area (Å²) in [4.78, 5) is 46.8. The zero-order chi connectivity index (χ0) is 26.0. The Kier molecular flexibility index (Phi) is 7.06. The molecule has 2 atom stereocenters. The number of carboxylic acids is 1. The Morgan fingerprint density at radius 3 is 2.53 bits per heavy atom. The van der Waals surface area contributed by atoms with Gasteiger partial charge < -0.3 is 15.3 Å². The van der Waals surface area contributed by atoms with Gasteiger partial charge in [-0.05, 0) is 49.6 Å². The highest BCUT2D eigenvalue weighted by Crippen LogP contribution is 2.29. The number of nitrogens with zero attached hydrogens (tertiary/aromatic N) is 4. The van der Waals surface area contributed by atoms with E-state index in [0.717, 1.165) is 29.9 Å². The van der Waals surface area contributed by atoms with Crippen LogP contribution in [0.1, 0.15) is 59.8 Å². The number of aromatic nitrogens is 3. The molecule has 4 heterocycles. The summed E-state index contributed by atoms with van der Waals surface area (Å²) in [5.74, 6) is -3.62. The smallest absolute Gasteiger partial charge is 0.475 e. The number of amides is 3. The van der Waals surface area contributed by atoms with Crippen LogP contribution in [-0.2, 0) is 20.9 Å². The largest absolute Gasteiger partial charge is 0.490 e. The van der Waals surface area contributed by atoms with Crippen molar-refractivity contribution in [3.05, 3.63) is 41.2 Å². The number of piperidine rings is 2. The highest BCUT2D eigenvalue weighted by Gasteiger charge is 2.39. The average molecular weight is 508 g/mol. The third kappa shape index (κ3) is 5.37. The third-order valence-electron chi connectivity index (χ3n) is 6.19. The molecule has 1 aromatic heterocycles. The minimum atomic E-state index is -5.08. The molecule has 0 spiro atoms. The molecular formula is C22H23F3N6O5. The molecule has 0 aliphatic carbocycles. The van der Waals surface area contributed by atoms with Crippen LogP contribution in [0.5, 0.6) is 0 Å². The molecule has 5 rings (SSSR count). The average Bonchev–Trinajstić information content (AvgIpc) is 3.45. The van der Waals surface area contributed by atoms with Crippen LogP contribution in [-0.4, -0.2) is 67.5 Å². The van der Waals surface area contributed by atoms with Crippen LogP contribution in [0.4, 0.5) is 13.2 Å². The molecular weight excluding hydrogens is 485 g/mol. The molecule has 3 aliphatic rings. The molecule has 3 aliphatic heterocycles. The third-order valence-corrected chi connectivity index (χ3v) is 6.19. The molecule has 0 saturated carbocycles. The summed E-state index contributed by atoms with van der Waals surface area (Å²) >= 11 is 0. The van der Waals surface area contributed by atoms with Crippen molar-refractivity contribution in [1.29, 1.82) is 0 Å². The van der Waals surface area contributed by atoms with Crippen molar-refractivity contribution in [2.45, 2.75) is 56.9 Å². The maximum Gasteiger partial charge on any atom is 0.490 e. The second-order valence-corrected chi connectivity index (χ2v) is 8.63. The van der Waals surface area contributed by atoms with Gasteiger partial charge in [0.05, 0.1) is 17.9 Å². The van der Waals surface area contributed by atoms with Crippen molar-refractivity contribution in [1.82, 2.24) is 30.5 Å². The summed E-state index contributed by atoms with van der Waals surface area (Å²) < 4.78 is 33.5. The lowest BCUT2D eigenvalue weighted by Crippen LogP contribution is -2.52. The standard InChI is InChI=1S/C20H22N6O3.C2HF3O2/c27-18-7-6-17(19(28)22-18)25-10-12-9-13(4-5-14(12)20(25)29)26-11-16(23-24-26)15-3-1-2-8-21-15;3-2(4,5)1(6)7/h4-5,9,11,15,17,21H,1-3,6-8,10H2,(H,22,27,28);(H,6,7). The van der Waals surface area contributed by atoms with Crippen molar-refractivity contribution in [3.8, 4) is 5.69 Å². The number of benzene rings is 1. The molecule has 36 heavy (non-hydrogen) atoms. The van der Waals surface area contributed by atoms with Gasteiger partial charge >= 0.3 is 12.1 Å². The summed E-state index contributed by atoms with van der Waals surface area (Å²) in [7, 11) is 0. The number of halogens is 3. The first-order valence-electron chi connectivity index (χ1n) is 11.3. The Morgan fingerprint density at radius 1 is 1.14 bits per heavy atom. The highest BCUT2D eigenvalue weighted by molar-refractivity contribution is 6.05. The van der Waals surface area contributed by atoms with Gasteiger partial charge in [-0.3, -0.25) is 19.7 Å². The van der Waals surface area contributed by atoms with Gasteiger partial charge in [-0.25, -0.2) is 9.48 Å². The fourth-order valence-electron chi connectivity index (χ4n) is 4.37. The summed E-state index contributed by atoms with van der Waals surface area (Å²) in [6.45, 7) is 1.34. The first-order valence-corrected chi connectivity index (χ1v) is 11.3. The van der Waals surface area contributed by atoms with Gasteiger partial charge in [-0.2, -0.15) is 13.2 Å². The predicted molar refractivity (Wildman–Crippen MR) is 116 cm³/mol. The van der Waals surface area contributed by atoms with Gasteiger partial charge in [0.2, 0.25) is 11.8 Å². The minimum Gasteiger partial charge on any atom is -0.475 e. The number of alkyl halides is 3. The van der Waals surface area contributed by atoms with E-state index in [9.17, 15) is 27.6 Å². The summed E-state index contributed by atoms with van der Waals surface area (Å²) in [5, 5.41) is 21.5. The van der Waals surface area contributed by atoms with Crippen LogP contribution in [0, 0.1) is 0 Å². The zero-order valence-corrected chi connectivity index (χ0v) is 18.9. The maximum atomic E-state index is 12.8. The van der Waals surface area contributed by atoms with Crippen LogP contribution in [0.2, 0.25) is 0 Å². The molecule has 1 aromatic carbocycles. The number of hydrogen-bond donors (Lipinski definition) is 3. The quantitative estimate of drug-likeness (QED) is 0.529. The number of carbonyl (C=O) groups excluding carboxylic acids is 3. The van der Waals surface area contributed by atoms with Crippen molar-refractivity contribution in [2.75, 3.05) is 6.54 Å². The Balaban J connectivity index is 0.000000384. The minimum absolute atomic E-state index is 0.174. The SMILES string of the molecule is O=C(O)C(F)(F)F.O=C1CCC(N2Cc3cc(-n4cc(C5CCCCN5)nn4)ccc3C2=O)C(=O)N1. The molecule has 2 unspecified atom stereocenters. The number of rotatable bonds is 3. The monoisotopic (exact) mass is 508 g/mol. The van der Waals surface area contributed by atoms with Gasteiger partial charge in [0.15, 0.2) is 0 Å². The molecule has 0 bridgehead atoms. The molecule has 3 N–H and O–H groups in total. The maximum absolute atomic E-state index is 12.8. The van der Waals surface area contributed by atoms with Gasteiger partial charge in [-0.1, -0.05) is 11.6 Å². The van der Waals surface area contributed by atoms with E-state index in [1.807, 2.05) is 18.3 Å². The molecule has 14 heteroatoms. The predicted octanol–water partition coefficient (Wildman–Crippen LogP) is 1.48. The van der Waals surface area contributed by atoms with E-state index < -0.39 is 24.1 Å². The number of hydrogen-bond acceptors (Lipinski definition) is 7.